The van der Waals surface area contributed by atoms with Gasteiger partial charge in [0.1, 0.15) is 11.9 Å². The van der Waals surface area contributed by atoms with E-state index in [4.69, 9.17) is 4.99 Å². The Morgan fingerprint density at radius 1 is 1.14 bits per heavy atom. The highest BCUT2D eigenvalue weighted by molar-refractivity contribution is 7.99. The quantitative estimate of drug-likeness (QED) is 0.433. The van der Waals surface area contributed by atoms with Crippen molar-refractivity contribution >= 4 is 35.1 Å². The van der Waals surface area contributed by atoms with E-state index in [1.165, 1.54) is 7.05 Å². The van der Waals surface area contributed by atoms with Crippen molar-refractivity contribution in [3.05, 3.63) is 83.7 Å². The van der Waals surface area contributed by atoms with E-state index in [1.54, 1.807) is 30.2 Å². The van der Waals surface area contributed by atoms with Crippen LogP contribution in [0, 0.1) is 0 Å². The molecule has 2 aliphatic heterocycles. The zero-order valence-corrected chi connectivity index (χ0v) is 21.0. The molecule has 0 radical (unpaired) electrons. The van der Waals surface area contributed by atoms with Crippen LogP contribution in [-0.2, 0) is 11.3 Å². The van der Waals surface area contributed by atoms with Crippen molar-refractivity contribution in [2.45, 2.75) is 41.6 Å². The van der Waals surface area contributed by atoms with Gasteiger partial charge in [0.05, 0.1) is 12.2 Å². The first-order valence-corrected chi connectivity index (χ1v) is 12.8. The monoisotopic (exact) mass is 502 g/mol. The predicted octanol–water partition coefficient (Wildman–Crippen LogP) is 3.58. The third-order valence-electron chi connectivity index (χ3n) is 5.84. The van der Waals surface area contributed by atoms with E-state index in [1.807, 2.05) is 42.5 Å². The molecule has 9 heteroatoms. The summed E-state index contributed by atoms with van der Waals surface area (Å²) in [5, 5.41) is 9.22. The van der Waals surface area contributed by atoms with E-state index in [0.29, 0.717) is 25.1 Å². The number of anilines is 1. The van der Waals surface area contributed by atoms with Crippen molar-refractivity contribution in [2.24, 2.45) is 10.7 Å². The van der Waals surface area contributed by atoms with Gasteiger partial charge in [-0.2, -0.15) is 0 Å². The van der Waals surface area contributed by atoms with Gasteiger partial charge in [-0.3, -0.25) is 19.6 Å². The predicted molar refractivity (Wildman–Crippen MR) is 143 cm³/mol. The Morgan fingerprint density at radius 2 is 2.00 bits per heavy atom. The minimum atomic E-state index is -0.503. The minimum absolute atomic E-state index is 0.116. The first kappa shape index (κ1) is 25.4. The number of amidine groups is 1. The van der Waals surface area contributed by atoms with Crippen LogP contribution < -0.4 is 21.7 Å². The standard InChI is InChI=1S/C26H25N5O2S.CH5N/c32-25(31-20-8-3-4-13-28-26(20)33)18-10-11-23-21(14-18)30-24(19-7-1-2-9-22(19)34-23)29-16-17-6-5-12-27-15-17;1-2/h1-2,5-7,9-12,14-15,20H,3-4,8,13,16H2,(H,28,33)(H,29,30)(H,31,32);2H2,1H3. The number of nitrogens with two attached hydrogens (primary N) is 1. The lowest BCUT2D eigenvalue weighted by Crippen LogP contribution is -2.45. The van der Waals surface area contributed by atoms with Gasteiger partial charge >= 0.3 is 0 Å². The molecule has 1 fully saturated rings. The van der Waals surface area contributed by atoms with Crippen molar-refractivity contribution in [3.63, 3.8) is 0 Å². The number of aromatic nitrogens is 1. The van der Waals surface area contributed by atoms with Crippen molar-refractivity contribution in [2.75, 3.05) is 18.9 Å². The molecule has 1 atom stereocenters. The van der Waals surface area contributed by atoms with Crippen LogP contribution in [0.25, 0.3) is 0 Å². The number of fused-ring (bicyclic) bond motifs is 2. The summed E-state index contributed by atoms with van der Waals surface area (Å²) in [5.41, 5.74) is 7.83. The first-order valence-electron chi connectivity index (χ1n) is 12.0. The maximum atomic E-state index is 13.0. The molecular formula is C27H30N6O2S. The summed E-state index contributed by atoms with van der Waals surface area (Å²) in [6, 6.07) is 17.1. The molecule has 1 saturated heterocycles. The van der Waals surface area contributed by atoms with Crippen LogP contribution in [0.3, 0.4) is 0 Å². The van der Waals surface area contributed by atoms with Gasteiger partial charge in [0.25, 0.3) is 5.91 Å². The molecule has 0 saturated carbocycles. The first-order chi connectivity index (χ1) is 17.7. The number of carbonyl (C=O) groups is 2. The minimum Gasteiger partial charge on any atom is -0.354 e. The number of amides is 2. The lowest BCUT2D eigenvalue weighted by Gasteiger charge is -2.16. The molecule has 2 amide bonds. The number of hydrogen-bond acceptors (Lipinski definition) is 6. The Morgan fingerprint density at radius 3 is 2.83 bits per heavy atom. The number of aliphatic imine (C=N–C) groups is 1. The van der Waals surface area contributed by atoms with E-state index in [2.05, 4.69) is 32.7 Å². The zero-order chi connectivity index (χ0) is 25.3. The van der Waals surface area contributed by atoms with Crippen LogP contribution in [0.5, 0.6) is 0 Å². The molecule has 0 bridgehead atoms. The second kappa shape index (κ2) is 12.3. The van der Waals surface area contributed by atoms with Gasteiger partial charge in [0, 0.05) is 39.9 Å². The molecule has 3 heterocycles. The normalized spacial score (nSPS) is 17.7. The van der Waals surface area contributed by atoms with Crippen molar-refractivity contribution in [3.8, 4) is 0 Å². The Balaban J connectivity index is 0.00000148. The molecule has 5 rings (SSSR count). The third kappa shape index (κ3) is 6.10. The highest BCUT2D eigenvalue weighted by atomic mass is 32.2. The number of pyridine rings is 1. The summed E-state index contributed by atoms with van der Waals surface area (Å²) in [6.45, 7) is 1.15. The van der Waals surface area contributed by atoms with Gasteiger partial charge in [-0.05, 0) is 62.2 Å². The van der Waals surface area contributed by atoms with Crippen LogP contribution in [0.1, 0.15) is 40.7 Å². The number of nitrogens with one attached hydrogen (secondary N) is 3. The number of benzene rings is 2. The van der Waals surface area contributed by atoms with E-state index in [-0.39, 0.29) is 11.8 Å². The summed E-state index contributed by atoms with van der Waals surface area (Å²) in [5.74, 6) is 0.369. The molecule has 8 nitrogen and oxygen atoms in total. The number of hydrogen-bond donors (Lipinski definition) is 4. The van der Waals surface area contributed by atoms with Crippen LogP contribution in [0.4, 0.5) is 5.69 Å². The van der Waals surface area contributed by atoms with Crippen molar-refractivity contribution < 1.29 is 9.59 Å². The molecule has 0 spiro atoms. The summed E-state index contributed by atoms with van der Waals surface area (Å²) in [7, 11) is 1.50. The molecular weight excluding hydrogens is 472 g/mol. The second-order valence-corrected chi connectivity index (χ2v) is 9.36. The third-order valence-corrected chi connectivity index (χ3v) is 6.99. The van der Waals surface area contributed by atoms with Crippen molar-refractivity contribution in [1.29, 1.82) is 0 Å². The fraction of sp³-hybridized carbons (Fsp3) is 0.259. The molecule has 5 N–H and O–H groups in total. The number of carbonyl (C=O) groups excluding carboxylic acids is 2. The molecule has 1 unspecified atom stereocenters. The molecule has 0 aliphatic carbocycles. The molecule has 186 valence electrons. The fourth-order valence-corrected chi connectivity index (χ4v) is 5.04. The SMILES string of the molecule is CN.O=C(NC1CCCCNC1=O)c1ccc2c(c1)NC(=NCc1cccnc1)c1ccccc1S2. The van der Waals surface area contributed by atoms with E-state index in [9.17, 15) is 9.59 Å². The van der Waals surface area contributed by atoms with Gasteiger partial charge in [-0.1, -0.05) is 36.0 Å². The Labute approximate surface area is 215 Å². The largest absolute Gasteiger partial charge is 0.354 e. The lowest BCUT2D eigenvalue weighted by atomic mass is 10.1. The molecule has 1 aromatic heterocycles. The van der Waals surface area contributed by atoms with Gasteiger partial charge in [0.15, 0.2) is 0 Å². The van der Waals surface area contributed by atoms with E-state index in [0.717, 1.165) is 45.3 Å². The molecule has 2 aliphatic rings. The van der Waals surface area contributed by atoms with Gasteiger partial charge < -0.3 is 21.7 Å². The lowest BCUT2D eigenvalue weighted by molar-refractivity contribution is -0.122. The summed E-state index contributed by atoms with van der Waals surface area (Å²) in [4.78, 5) is 36.3. The second-order valence-electron chi connectivity index (χ2n) is 8.27. The fourth-order valence-electron chi connectivity index (χ4n) is 4.03. The van der Waals surface area contributed by atoms with Gasteiger partial charge in [-0.15, -0.1) is 0 Å². The van der Waals surface area contributed by atoms with E-state index >= 15 is 0 Å². The Bertz CT molecular complexity index is 1250. The van der Waals surface area contributed by atoms with Gasteiger partial charge in [0.2, 0.25) is 5.91 Å². The van der Waals surface area contributed by atoms with Crippen LogP contribution in [-0.4, -0.2) is 42.3 Å². The topological polar surface area (TPSA) is 122 Å². The average molecular weight is 503 g/mol. The molecule has 3 aromatic rings. The zero-order valence-electron chi connectivity index (χ0n) is 20.2. The maximum absolute atomic E-state index is 13.0. The number of nitrogens with zero attached hydrogens (tertiary/aromatic N) is 2. The average Bonchev–Trinajstić information content (AvgIpc) is 3.22. The van der Waals surface area contributed by atoms with Gasteiger partial charge in [-0.25, -0.2) is 0 Å². The summed E-state index contributed by atoms with van der Waals surface area (Å²) in [6.07, 6.45) is 6.04. The number of rotatable bonds is 4. The molecule has 2 aromatic carbocycles. The Hall–Kier alpha value is -3.69. The summed E-state index contributed by atoms with van der Waals surface area (Å²) < 4.78 is 0. The van der Waals surface area contributed by atoms with Crippen LogP contribution in [0.2, 0.25) is 0 Å². The summed E-state index contributed by atoms with van der Waals surface area (Å²) >= 11 is 1.64. The Kier molecular flexibility index (Phi) is 8.70. The van der Waals surface area contributed by atoms with E-state index < -0.39 is 6.04 Å². The van der Waals surface area contributed by atoms with Crippen LogP contribution >= 0.6 is 11.8 Å². The molecule has 36 heavy (non-hydrogen) atoms. The van der Waals surface area contributed by atoms with Crippen molar-refractivity contribution in [1.82, 2.24) is 15.6 Å². The smallest absolute Gasteiger partial charge is 0.252 e. The van der Waals surface area contributed by atoms with Crippen LogP contribution in [0.15, 0.2) is 81.8 Å². The highest BCUT2D eigenvalue weighted by Crippen LogP contribution is 2.39. The maximum Gasteiger partial charge on any atom is 0.252 e. The highest BCUT2D eigenvalue weighted by Gasteiger charge is 2.24.